The molecule has 1 aromatic carbocycles. The number of hydrogen-bond donors (Lipinski definition) is 2. The Morgan fingerprint density at radius 2 is 2.14 bits per heavy atom. The van der Waals surface area contributed by atoms with Crippen molar-refractivity contribution in [1.82, 2.24) is 9.55 Å². The van der Waals surface area contributed by atoms with Crippen LogP contribution in [0.1, 0.15) is 31.6 Å². The van der Waals surface area contributed by atoms with E-state index in [2.05, 4.69) is 11.9 Å². The number of aromatic nitrogens is 2. The normalized spacial score (nSPS) is 12.6. The van der Waals surface area contributed by atoms with Crippen molar-refractivity contribution in [3.63, 3.8) is 0 Å². The highest BCUT2D eigenvalue weighted by Crippen LogP contribution is 2.30. The molecule has 2 rings (SSSR count). The highest BCUT2D eigenvalue weighted by atomic mass is 35.5. The van der Waals surface area contributed by atoms with Gasteiger partial charge in [-0.1, -0.05) is 36.5 Å². The van der Waals surface area contributed by atoms with Gasteiger partial charge < -0.3 is 15.4 Å². The van der Waals surface area contributed by atoms with Gasteiger partial charge in [-0.15, -0.1) is 0 Å². The first-order chi connectivity index (χ1) is 10.1. The molecule has 0 spiro atoms. The van der Waals surface area contributed by atoms with Gasteiger partial charge in [0.15, 0.2) is 0 Å². The maximum absolute atomic E-state index is 9.29. The van der Waals surface area contributed by atoms with Crippen LogP contribution >= 0.6 is 23.2 Å². The quantitative estimate of drug-likeness (QED) is 0.851. The average molecular weight is 328 g/mol. The maximum Gasteiger partial charge on any atom is 0.128 e. The van der Waals surface area contributed by atoms with Crippen LogP contribution in [0.25, 0.3) is 11.3 Å². The first-order valence-corrected chi connectivity index (χ1v) is 7.71. The van der Waals surface area contributed by atoms with Crippen LogP contribution in [0.5, 0.6) is 0 Å². The average Bonchev–Trinajstić information content (AvgIpc) is 2.88. The highest BCUT2D eigenvalue weighted by molar-refractivity contribution is 6.36. The van der Waals surface area contributed by atoms with Crippen LogP contribution in [-0.2, 0) is 6.54 Å². The third-order valence-electron chi connectivity index (χ3n) is 3.30. The lowest BCUT2D eigenvalue weighted by atomic mass is 10.2. The predicted octanol–water partition coefficient (Wildman–Crippen LogP) is 3.65. The Labute approximate surface area is 134 Å². The zero-order chi connectivity index (χ0) is 15.4. The lowest BCUT2D eigenvalue weighted by Gasteiger charge is -2.10. The Balaban J connectivity index is 2.42. The van der Waals surface area contributed by atoms with E-state index in [0.29, 0.717) is 15.9 Å². The van der Waals surface area contributed by atoms with E-state index >= 15 is 0 Å². The van der Waals surface area contributed by atoms with Crippen molar-refractivity contribution < 1.29 is 5.11 Å². The van der Waals surface area contributed by atoms with Crippen molar-refractivity contribution in [2.24, 2.45) is 5.73 Å². The first kappa shape index (κ1) is 16.3. The summed E-state index contributed by atoms with van der Waals surface area (Å²) in [6.07, 6.45) is 4.02. The summed E-state index contributed by atoms with van der Waals surface area (Å²) in [5, 5.41) is 10.4. The number of nitrogens with zero attached hydrogens (tertiary/aromatic N) is 2. The minimum atomic E-state index is -0.498. The largest absolute Gasteiger partial charge is 0.394 e. The summed E-state index contributed by atoms with van der Waals surface area (Å²) in [6, 6.07) is 4.81. The number of hydrogen-bond acceptors (Lipinski definition) is 3. The first-order valence-electron chi connectivity index (χ1n) is 6.95. The molecular weight excluding hydrogens is 309 g/mol. The molecule has 1 aromatic heterocycles. The summed E-state index contributed by atoms with van der Waals surface area (Å²) < 4.78 is 1.99. The summed E-state index contributed by atoms with van der Waals surface area (Å²) in [6.45, 7) is 2.80. The van der Waals surface area contributed by atoms with Crippen LogP contribution in [0.3, 0.4) is 0 Å². The van der Waals surface area contributed by atoms with E-state index < -0.39 is 6.04 Å². The van der Waals surface area contributed by atoms with Crippen LogP contribution in [0.2, 0.25) is 10.0 Å². The highest BCUT2D eigenvalue weighted by Gasteiger charge is 2.16. The molecule has 0 unspecified atom stereocenters. The molecule has 0 radical (unpaired) electrons. The van der Waals surface area contributed by atoms with Crippen LogP contribution < -0.4 is 5.73 Å². The van der Waals surface area contributed by atoms with E-state index in [1.807, 2.05) is 16.8 Å². The summed E-state index contributed by atoms with van der Waals surface area (Å²) in [7, 11) is 0. The van der Waals surface area contributed by atoms with Gasteiger partial charge in [0.1, 0.15) is 5.82 Å². The molecule has 6 heteroatoms. The van der Waals surface area contributed by atoms with Crippen molar-refractivity contribution in [2.45, 2.75) is 32.4 Å². The Kier molecular flexibility index (Phi) is 5.65. The second kappa shape index (κ2) is 7.27. The number of rotatable bonds is 6. The summed E-state index contributed by atoms with van der Waals surface area (Å²) in [4.78, 5) is 4.55. The molecule has 0 aliphatic heterocycles. The Morgan fingerprint density at radius 3 is 2.76 bits per heavy atom. The summed E-state index contributed by atoms with van der Waals surface area (Å²) in [5.41, 5.74) is 7.48. The number of nitrogens with two attached hydrogens (primary N) is 1. The molecule has 21 heavy (non-hydrogen) atoms. The fraction of sp³-hybridized carbons (Fsp3) is 0.400. The van der Waals surface area contributed by atoms with Gasteiger partial charge in [-0.3, -0.25) is 0 Å². The number of benzene rings is 1. The molecule has 0 saturated heterocycles. The Morgan fingerprint density at radius 1 is 1.38 bits per heavy atom. The van der Waals surface area contributed by atoms with Crippen molar-refractivity contribution in [3.8, 4) is 11.3 Å². The van der Waals surface area contributed by atoms with Gasteiger partial charge in [-0.2, -0.15) is 0 Å². The number of halogens is 2. The maximum atomic E-state index is 9.29. The van der Waals surface area contributed by atoms with E-state index in [9.17, 15) is 5.11 Å². The van der Waals surface area contributed by atoms with Crippen LogP contribution in [0, 0.1) is 0 Å². The zero-order valence-corrected chi connectivity index (χ0v) is 13.4. The molecular formula is C15H19Cl2N3O. The van der Waals surface area contributed by atoms with Crippen molar-refractivity contribution in [1.29, 1.82) is 0 Å². The van der Waals surface area contributed by atoms with Gasteiger partial charge in [-0.05, 0) is 24.6 Å². The molecule has 114 valence electrons. The molecule has 0 aliphatic carbocycles. The van der Waals surface area contributed by atoms with Crippen molar-refractivity contribution >= 4 is 23.2 Å². The van der Waals surface area contributed by atoms with E-state index in [0.717, 1.165) is 30.6 Å². The van der Waals surface area contributed by atoms with Gasteiger partial charge in [0.2, 0.25) is 0 Å². The van der Waals surface area contributed by atoms with Crippen LogP contribution in [-0.4, -0.2) is 21.3 Å². The van der Waals surface area contributed by atoms with Crippen LogP contribution in [0.4, 0.5) is 0 Å². The third kappa shape index (κ3) is 3.77. The zero-order valence-electron chi connectivity index (χ0n) is 11.9. The molecule has 0 saturated carbocycles. The molecule has 0 fully saturated rings. The van der Waals surface area contributed by atoms with Gasteiger partial charge in [0.25, 0.3) is 0 Å². The number of aliphatic hydroxyl groups is 1. The Hall–Kier alpha value is -1.07. The molecule has 1 heterocycles. The summed E-state index contributed by atoms with van der Waals surface area (Å²) >= 11 is 12.1. The number of aryl methyl sites for hydroxylation is 1. The van der Waals surface area contributed by atoms with E-state index in [4.69, 9.17) is 28.9 Å². The summed E-state index contributed by atoms with van der Waals surface area (Å²) in [5.74, 6) is 0.673. The van der Waals surface area contributed by atoms with Gasteiger partial charge in [0, 0.05) is 23.3 Å². The van der Waals surface area contributed by atoms with Gasteiger partial charge >= 0.3 is 0 Å². The second-order valence-electron chi connectivity index (χ2n) is 4.94. The van der Waals surface area contributed by atoms with Gasteiger partial charge in [-0.25, -0.2) is 4.98 Å². The van der Waals surface area contributed by atoms with Crippen molar-refractivity contribution in [2.75, 3.05) is 6.61 Å². The SMILES string of the molecule is CCCCn1cc(-c2ccc(Cl)cc2Cl)nc1[C@H](N)CO. The topological polar surface area (TPSA) is 64.1 Å². The smallest absolute Gasteiger partial charge is 0.128 e. The van der Waals surface area contributed by atoms with E-state index in [-0.39, 0.29) is 6.61 Å². The van der Waals surface area contributed by atoms with E-state index in [1.165, 1.54) is 0 Å². The molecule has 3 N–H and O–H groups in total. The fourth-order valence-corrected chi connectivity index (χ4v) is 2.65. The number of imidazole rings is 1. The molecule has 2 aromatic rings. The van der Waals surface area contributed by atoms with Crippen LogP contribution in [0.15, 0.2) is 24.4 Å². The molecule has 4 nitrogen and oxygen atoms in total. The lowest BCUT2D eigenvalue weighted by molar-refractivity contribution is 0.260. The molecule has 1 atom stereocenters. The number of aliphatic hydroxyl groups excluding tert-OH is 1. The molecule has 0 aliphatic rings. The fourth-order valence-electron chi connectivity index (χ4n) is 2.14. The standard InChI is InChI=1S/C15H19Cl2N3O/c1-2-3-6-20-8-14(19-15(20)13(18)9-21)11-5-4-10(16)7-12(11)17/h4-5,7-8,13,21H,2-3,6,9,18H2,1H3/t13-/m1/s1. The second-order valence-corrected chi connectivity index (χ2v) is 5.79. The third-order valence-corrected chi connectivity index (χ3v) is 3.84. The molecule has 0 amide bonds. The Bertz CT molecular complexity index is 613. The van der Waals surface area contributed by atoms with Crippen molar-refractivity contribution in [3.05, 3.63) is 40.3 Å². The van der Waals surface area contributed by atoms with E-state index in [1.54, 1.807) is 12.1 Å². The minimum Gasteiger partial charge on any atom is -0.394 e. The molecule has 0 bridgehead atoms. The minimum absolute atomic E-state index is 0.142. The van der Waals surface area contributed by atoms with Gasteiger partial charge in [0.05, 0.1) is 23.4 Å². The monoisotopic (exact) mass is 327 g/mol. The predicted molar refractivity (Wildman–Crippen MR) is 86.6 cm³/mol. The number of unbranched alkanes of at least 4 members (excludes halogenated alkanes) is 1. The lowest BCUT2D eigenvalue weighted by Crippen LogP contribution is -2.20.